The Labute approximate surface area is 140 Å². The summed E-state index contributed by atoms with van der Waals surface area (Å²) < 4.78 is 5.12. The number of carboxylic acids is 1. The van der Waals surface area contributed by atoms with E-state index in [1.807, 2.05) is 6.92 Å². The first-order chi connectivity index (χ1) is 11.6. The Hall–Kier alpha value is -2.70. The van der Waals surface area contributed by atoms with Gasteiger partial charge in [0.2, 0.25) is 11.8 Å². The van der Waals surface area contributed by atoms with Crippen molar-refractivity contribution in [2.75, 3.05) is 5.32 Å². The number of nitrogens with zero attached hydrogens (tertiary/aromatic N) is 2. The number of aromatic nitrogens is 2. The van der Waals surface area contributed by atoms with Crippen LogP contribution in [0.4, 0.5) is 5.69 Å². The number of hydrogen-bond donors (Lipinski definition) is 2. The van der Waals surface area contributed by atoms with Crippen molar-refractivity contribution in [3.8, 4) is 0 Å². The molecule has 2 rings (SSSR count). The lowest BCUT2D eigenvalue weighted by molar-refractivity contribution is -0.136. The second-order valence-corrected chi connectivity index (χ2v) is 5.48. The Morgan fingerprint density at radius 3 is 2.79 bits per heavy atom. The number of rotatable bonds is 9. The van der Waals surface area contributed by atoms with Crippen LogP contribution in [0.1, 0.15) is 43.5 Å². The van der Waals surface area contributed by atoms with Crippen molar-refractivity contribution in [2.24, 2.45) is 0 Å². The van der Waals surface area contributed by atoms with E-state index in [2.05, 4.69) is 15.5 Å². The van der Waals surface area contributed by atoms with Crippen LogP contribution in [0.2, 0.25) is 0 Å². The molecule has 0 unspecified atom stereocenters. The number of carboxylic acid groups (broad SMARTS) is 1. The summed E-state index contributed by atoms with van der Waals surface area (Å²) in [7, 11) is 0. The first-order valence-corrected chi connectivity index (χ1v) is 7.99. The molecule has 0 aliphatic carbocycles. The van der Waals surface area contributed by atoms with E-state index >= 15 is 0 Å². The predicted molar refractivity (Wildman–Crippen MR) is 87.6 cm³/mol. The number of aryl methyl sites for hydroxylation is 2. The van der Waals surface area contributed by atoms with Gasteiger partial charge in [-0.1, -0.05) is 30.3 Å². The first-order valence-electron chi connectivity index (χ1n) is 7.99. The zero-order valence-corrected chi connectivity index (χ0v) is 13.6. The maximum atomic E-state index is 12.0. The minimum absolute atomic E-state index is 0.126. The van der Waals surface area contributed by atoms with Crippen molar-refractivity contribution in [2.45, 2.75) is 45.4 Å². The van der Waals surface area contributed by atoms with E-state index in [1.54, 1.807) is 24.3 Å². The lowest BCUT2D eigenvalue weighted by Gasteiger charge is -2.09. The van der Waals surface area contributed by atoms with Crippen LogP contribution in [-0.2, 0) is 28.9 Å². The molecule has 0 aliphatic heterocycles. The molecule has 0 fully saturated rings. The van der Waals surface area contributed by atoms with E-state index in [0.29, 0.717) is 42.2 Å². The molecule has 0 saturated heterocycles. The van der Waals surface area contributed by atoms with Crippen molar-refractivity contribution in [1.82, 2.24) is 10.1 Å². The Morgan fingerprint density at radius 1 is 1.25 bits per heavy atom. The van der Waals surface area contributed by atoms with Crippen molar-refractivity contribution >= 4 is 17.6 Å². The first kappa shape index (κ1) is 17.7. The molecule has 1 heterocycles. The highest BCUT2D eigenvalue weighted by atomic mass is 16.5. The third kappa shape index (κ3) is 5.49. The Morgan fingerprint density at radius 2 is 2.04 bits per heavy atom. The number of benzene rings is 1. The number of amides is 1. The topological polar surface area (TPSA) is 105 Å². The van der Waals surface area contributed by atoms with E-state index in [9.17, 15) is 9.59 Å². The maximum Gasteiger partial charge on any atom is 0.307 e. The normalized spacial score (nSPS) is 10.5. The monoisotopic (exact) mass is 331 g/mol. The average molecular weight is 331 g/mol. The minimum atomic E-state index is -0.934. The molecule has 1 aromatic heterocycles. The summed E-state index contributed by atoms with van der Waals surface area (Å²) in [6, 6.07) is 6.90. The summed E-state index contributed by atoms with van der Waals surface area (Å²) in [6.07, 6.45) is 3.04. The highest BCUT2D eigenvalue weighted by Crippen LogP contribution is 2.16. The van der Waals surface area contributed by atoms with Crippen LogP contribution in [0.15, 0.2) is 28.8 Å². The van der Waals surface area contributed by atoms with Crippen LogP contribution >= 0.6 is 0 Å². The molecule has 0 bridgehead atoms. The molecule has 24 heavy (non-hydrogen) atoms. The SMILES string of the molecule is CCCc1noc(CCCC(=O)Nc2ccccc2CC(=O)O)n1. The largest absolute Gasteiger partial charge is 0.481 e. The van der Waals surface area contributed by atoms with Gasteiger partial charge in [-0.2, -0.15) is 4.98 Å². The average Bonchev–Trinajstić information content (AvgIpc) is 2.97. The highest BCUT2D eigenvalue weighted by molar-refractivity contribution is 5.92. The molecule has 2 N–H and O–H groups in total. The van der Waals surface area contributed by atoms with Crippen molar-refractivity contribution in [3.63, 3.8) is 0 Å². The molecular formula is C17H21N3O4. The van der Waals surface area contributed by atoms with Crippen LogP contribution < -0.4 is 5.32 Å². The lowest BCUT2D eigenvalue weighted by atomic mass is 10.1. The zero-order valence-electron chi connectivity index (χ0n) is 13.6. The highest BCUT2D eigenvalue weighted by Gasteiger charge is 2.10. The summed E-state index contributed by atoms with van der Waals surface area (Å²) in [5.74, 6) is 0.134. The smallest absolute Gasteiger partial charge is 0.307 e. The number of carbonyl (C=O) groups is 2. The second kappa shape index (κ2) is 8.81. The van der Waals surface area contributed by atoms with Gasteiger partial charge in [-0.15, -0.1) is 0 Å². The fourth-order valence-corrected chi connectivity index (χ4v) is 2.29. The summed E-state index contributed by atoms with van der Waals surface area (Å²) in [6.45, 7) is 2.04. The molecule has 128 valence electrons. The van der Waals surface area contributed by atoms with Gasteiger partial charge in [0.05, 0.1) is 6.42 Å². The molecule has 7 nitrogen and oxygen atoms in total. The van der Waals surface area contributed by atoms with Crippen molar-refractivity contribution in [1.29, 1.82) is 0 Å². The molecule has 0 spiro atoms. The number of hydrogen-bond acceptors (Lipinski definition) is 5. The third-order valence-corrected chi connectivity index (χ3v) is 3.41. The molecule has 0 atom stereocenters. The van der Waals surface area contributed by atoms with Gasteiger partial charge in [0.1, 0.15) is 0 Å². The van der Waals surface area contributed by atoms with E-state index in [1.165, 1.54) is 0 Å². The van der Waals surface area contributed by atoms with Gasteiger partial charge in [0, 0.05) is 24.9 Å². The molecule has 2 aromatic rings. The molecule has 7 heteroatoms. The number of nitrogens with one attached hydrogen (secondary N) is 1. The lowest BCUT2D eigenvalue weighted by Crippen LogP contribution is -2.14. The third-order valence-electron chi connectivity index (χ3n) is 3.41. The van der Waals surface area contributed by atoms with Gasteiger partial charge >= 0.3 is 5.97 Å². The molecular weight excluding hydrogens is 310 g/mol. The van der Waals surface area contributed by atoms with Gasteiger partial charge in [-0.25, -0.2) is 0 Å². The Bertz CT molecular complexity index is 697. The Balaban J connectivity index is 1.82. The quantitative estimate of drug-likeness (QED) is 0.731. The molecule has 0 radical (unpaired) electrons. The van der Waals surface area contributed by atoms with Crippen LogP contribution in [0.5, 0.6) is 0 Å². The fourth-order valence-electron chi connectivity index (χ4n) is 2.29. The van der Waals surface area contributed by atoms with Gasteiger partial charge in [-0.05, 0) is 24.5 Å². The van der Waals surface area contributed by atoms with E-state index in [0.717, 1.165) is 12.8 Å². The number of aliphatic carboxylic acids is 1. The van der Waals surface area contributed by atoms with Crippen molar-refractivity contribution < 1.29 is 19.2 Å². The standard InChI is InChI=1S/C17H21N3O4/c1-2-6-14-19-16(24-20-14)10-5-9-15(21)18-13-8-4-3-7-12(13)11-17(22)23/h3-4,7-8H,2,5-6,9-11H2,1H3,(H,18,21)(H,22,23). The molecule has 1 aromatic carbocycles. The minimum Gasteiger partial charge on any atom is -0.481 e. The summed E-state index contributed by atoms with van der Waals surface area (Å²) in [5.41, 5.74) is 1.12. The van der Waals surface area contributed by atoms with E-state index in [4.69, 9.17) is 9.63 Å². The number of carbonyl (C=O) groups excluding carboxylic acids is 1. The van der Waals surface area contributed by atoms with Gasteiger partial charge in [-0.3, -0.25) is 9.59 Å². The summed E-state index contributed by atoms with van der Waals surface area (Å²) >= 11 is 0. The fraction of sp³-hybridized carbons (Fsp3) is 0.412. The summed E-state index contributed by atoms with van der Waals surface area (Å²) in [5, 5.41) is 15.5. The van der Waals surface area contributed by atoms with E-state index in [-0.39, 0.29) is 12.3 Å². The maximum absolute atomic E-state index is 12.0. The zero-order chi connectivity index (χ0) is 17.4. The number of anilines is 1. The van der Waals surface area contributed by atoms with E-state index < -0.39 is 5.97 Å². The van der Waals surface area contributed by atoms with Gasteiger partial charge in [0.15, 0.2) is 5.82 Å². The van der Waals surface area contributed by atoms with Crippen molar-refractivity contribution in [3.05, 3.63) is 41.5 Å². The van der Waals surface area contributed by atoms with Crippen LogP contribution in [0.3, 0.4) is 0 Å². The second-order valence-electron chi connectivity index (χ2n) is 5.48. The number of para-hydroxylation sites is 1. The Kier molecular flexibility index (Phi) is 6.48. The predicted octanol–water partition coefficient (Wildman–Crippen LogP) is 2.61. The van der Waals surface area contributed by atoms with Gasteiger partial charge in [0.25, 0.3) is 0 Å². The van der Waals surface area contributed by atoms with Gasteiger partial charge < -0.3 is 14.9 Å². The van der Waals surface area contributed by atoms with Crippen LogP contribution in [-0.4, -0.2) is 27.1 Å². The molecule has 0 saturated carbocycles. The molecule has 0 aliphatic rings. The van der Waals surface area contributed by atoms with Crippen LogP contribution in [0, 0.1) is 0 Å². The summed E-state index contributed by atoms with van der Waals surface area (Å²) in [4.78, 5) is 27.1. The van der Waals surface area contributed by atoms with Crippen LogP contribution in [0.25, 0.3) is 0 Å². The molecule has 1 amide bonds.